The fourth-order valence-corrected chi connectivity index (χ4v) is 4.83. The van der Waals surface area contributed by atoms with Crippen molar-refractivity contribution in [3.05, 3.63) is 62.5 Å². The van der Waals surface area contributed by atoms with E-state index in [0.717, 1.165) is 31.2 Å². The predicted octanol–water partition coefficient (Wildman–Crippen LogP) is 4.00. The van der Waals surface area contributed by atoms with Gasteiger partial charge >= 0.3 is 11.9 Å². The molecule has 0 atom stereocenters. The summed E-state index contributed by atoms with van der Waals surface area (Å²) >= 11 is 1.19. The summed E-state index contributed by atoms with van der Waals surface area (Å²) in [5, 5.41) is 9.44. The maximum Gasteiger partial charge on any atom is 0.348 e. The average Bonchev–Trinajstić information content (AvgIpc) is 3.08. The molecule has 1 saturated carbocycles. The molecule has 156 valence electrons. The molecule has 2 heterocycles. The van der Waals surface area contributed by atoms with E-state index in [1.807, 2.05) is 0 Å². The lowest BCUT2D eigenvalue weighted by Crippen LogP contribution is -2.22. The number of fused-ring (bicyclic) bond motifs is 1. The van der Waals surface area contributed by atoms with Gasteiger partial charge in [0, 0.05) is 0 Å². The summed E-state index contributed by atoms with van der Waals surface area (Å²) in [5.41, 5.74) is 1.35. The fraction of sp³-hybridized carbons (Fsp3) is 0.364. The van der Waals surface area contributed by atoms with Gasteiger partial charge in [-0.25, -0.2) is 14.6 Å². The minimum absolute atomic E-state index is 0.0470. The smallest absolute Gasteiger partial charge is 0.348 e. The van der Waals surface area contributed by atoms with E-state index in [9.17, 15) is 14.4 Å². The van der Waals surface area contributed by atoms with Gasteiger partial charge in [-0.2, -0.15) is 0 Å². The van der Waals surface area contributed by atoms with E-state index in [4.69, 9.17) is 9.84 Å². The number of ether oxygens (including phenoxy) is 1. The lowest BCUT2D eigenvalue weighted by molar-refractivity contribution is 0.0216. The van der Waals surface area contributed by atoms with Gasteiger partial charge in [0.2, 0.25) is 0 Å². The van der Waals surface area contributed by atoms with Crippen molar-refractivity contribution >= 4 is 33.5 Å². The highest BCUT2D eigenvalue weighted by Crippen LogP contribution is 2.29. The first-order chi connectivity index (χ1) is 14.4. The van der Waals surface area contributed by atoms with Crippen LogP contribution in [0.2, 0.25) is 0 Å². The van der Waals surface area contributed by atoms with E-state index in [1.165, 1.54) is 40.8 Å². The van der Waals surface area contributed by atoms with Crippen molar-refractivity contribution < 1.29 is 19.4 Å². The molecular formula is C22H22N2O5S. The van der Waals surface area contributed by atoms with Gasteiger partial charge in [-0.1, -0.05) is 18.6 Å². The molecule has 7 nitrogen and oxygen atoms in total. The molecule has 0 saturated heterocycles. The van der Waals surface area contributed by atoms with Gasteiger partial charge in [0.1, 0.15) is 15.8 Å². The Bertz CT molecular complexity index is 1160. The number of carboxylic acid groups (broad SMARTS) is 1. The molecule has 1 N–H and O–H groups in total. The Balaban J connectivity index is 1.60. The maximum atomic E-state index is 13.0. The summed E-state index contributed by atoms with van der Waals surface area (Å²) in [4.78, 5) is 42.0. The topological polar surface area (TPSA) is 98.5 Å². The maximum absolute atomic E-state index is 13.0. The molecule has 0 amide bonds. The lowest BCUT2D eigenvalue weighted by atomic mass is 9.98. The number of rotatable bonds is 5. The van der Waals surface area contributed by atoms with E-state index in [2.05, 4.69) is 4.98 Å². The van der Waals surface area contributed by atoms with Crippen LogP contribution in [0, 0.1) is 6.92 Å². The second-order valence-electron chi connectivity index (χ2n) is 7.58. The molecule has 1 aromatic carbocycles. The van der Waals surface area contributed by atoms with Crippen LogP contribution in [-0.4, -0.2) is 32.7 Å². The van der Waals surface area contributed by atoms with Crippen LogP contribution in [0.15, 0.2) is 35.4 Å². The summed E-state index contributed by atoms with van der Waals surface area (Å²) in [5.74, 6) is -1.37. The van der Waals surface area contributed by atoms with Crippen LogP contribution in [-0.2, 0) is 11.3 Å². The highest BCUT2D eigenvalue weighted by Gasteiger charge is 2.24. The molecule has 0 bridgehead atoms. The minimum Gasteiger partial charge on any atom is -0.478 e. The first kappa shape index (κ1) is 20.3. The zero-order chi connectivity index (χ0) is 21.3. The van der Waals surface area contributed by atoms with Crippen molar-refractivity contribution in [3.63, 3.8) is 0 Å². The SMILES string of the molecule is Cc1c(C(=O)OC2CCCCC2)sc2ncn(Cc3ccc(C(=O)O)cc3)c(=O)c12. The second kappa shape index (κ2) is 8.39. The van der Waals surface area contributed by atoms with E-state index < -0.39 is 5.97 Å². The molecule has 4 rings (SSSR count). The summed E-state index contributed by atoms with van der Waals surface area (Å²) in [6, 6.07) is 6.36. The number of hydrogen-bond donors (Lipinski definition) is 1. The van der Waals surface area contributed by atoms with E-state index in [1.54, 1.807) is 19.1 Å². The standard InChI is InChI=1S/C22H22N2O5S/c1-13-17-19(30-18(13)22(28)29-16-5-3-2-4-6-16)23-12-24(20(17)25)11-14-7-9-15(10-8-14)21(26)27/h7-10,12,16H,2-6,11H2,1H3,(H,26,27). The fourth-order valence-electron chi connectivity index (χ4n) is 3.80. The van der Waals surface area contributed by atoms with Gasteiger partial charge in [-0.05, 0) is 55.9 Å². The third-order valence-electron chi connectivity index (χ3n) is 5.48. The van der Waals surface area contributed by atoms with Crippen LogP contribution in [0.25, 0.3) is 10.2 Å². The Morgan fingerprint density at radius 2 is 1.90 bits per heavy atom. The summed E-state index contributed by atoms with van der Waals surface area (Å²) < 4.78 is 7.14. The summed E-state index contributed by atoms with van der Waals surface area (Å²) in [6.07, 6.45) is 6.52. The van der Waals surface area contributed by atoms with Crippen LogP contribution in [0.3, 0.4) is 0 Å². The van der Waals surface area contributed by atoms with Crippen molar-refractivity contribution in [2.24, 2.45) is 0 Å². The molecular weight excluding hydrogens is 404 g/mol. The van der Waals surface area contributed by atoms with Crippen LogP contribution < -0.4 is 5.56 Å². The second-order valence-corrected chi connectivity index (χ2v) is 8.58. The number of carboxylic acids is 1. The molecule has 30 heavy (non-hydrogen) atoms. The number of thiophene rings is 1. The van der Waals surface area contributed by atoms with Crippen molar-refractivity contribution in [1.82, 2.24) is 9.55 Å². The van der Waals surface area contributed by atoms with Gasteiger partial charge in [0.15, 0.2) is 0 Å². The third-order valence-corrected chi connectivity index (χ3v) is 6.66. The van der Waals surface area contributed by atoms with Crippen molar-refractivity contribution in [2.45, 2.75) is 51.7 Å². The van der Waals surface area contributed by atoms with E-state index in [-0.39, 0.29) is 29.7 Å². The third kappa shape index (κ3) is 4.00. The predicted molar refractivity (Wildman–Crippen MR) is 113 cm³/mol. The lowest BCUT2D eigenvalue weighted by Gasteiger charge is -2.21. The Hall–Kier alpha value is -3.00. The average molecular weight is 426 g/mol. The Morgan fingerprint density at radius 1 is 1.20 bits per heavy atom. The van der Waals surface area contributed by atoms with E-state index >= 15 is 0 Å². The highest BCUT2D eigenvalue weighted by molar-refractivity contribution is 7.20. The number of hydrogen-bond acceptors (Lipinski definition) is 6. The van der Waals surface area contributed by atoms with Gasteiger partial charge in [-0.3, -0.25) is 9.36 Å². The van der Waals surface area contributed by atoms with Crippen LogP contribution in [0.5, 0.6) is 0 Å². The quantitative estimate of drug-likeness (QED) is 0.619. The van der Waals surface area contributed by atoms with Crippen molar-refractivity contribution in [1.29, 1.82) is 0 Å². The summed E-state index contributed by atoms with van der Waals surface area (Å²) in [7, 11) is 0. The molecule has 0 spiro atoms. The Labute approximate surface area is 176 Å². The molecule has 1 aliphatic rings. The number of esters is 1. The molecule has 1 fully saturated rings. The first-order valence-corrected chi connectivity index (χ1v) is 10.8. The number of aryl methyl sites for hydroxylation is 1. The molecule has 0 radical (unpaired) electrons. The van der Waals surface area contributed by atoms with Crippen molar-refractivity contribution in [3.8, 4) is 0 Å². The van der Waals surface area contributed by atoms with Gasteiger partial charge in [0.05, 0.1) is 23.8 Å². The van der Waals surface area contributed by atoms with Gasteiger partial charge < -0.3 is 9.84 Å². The Morgan fingerprint density at radius 3 is 2.57 bits per heavy atom. The number of nitrogens with zero attached hydrogens (tertiary/aromatic N) is 2. The number of carbonyl (C=O) groups is 2. The van der Waals surface area contributed by atoms with Crippen LogP contribution in [0.4, 0.5) is 0 Å². The highest BCUT2D eigenvalue weighted by atomic mass is 32.1. The molecule has 0 unspecified atom stereocenters. The number of aromatic carboxylic acids is 1. The first-order valence-electron chi connectivity index (χ1n) is 9.96. The molecule has 3 aromatic rings. The molecule has 8 heteroatoms. The molecule has 0 aliphatic heterocycles. The van der Waals surface area contributed by atoms with Crippen LogP contribution >= 0.6 is 11.3 Å². The zero-order valence-electron chi connectivity index (χ0n) is 16.6. The monoisotopic (exact) mass is 426 g/mol. The number of carbonyl (C=O) groups excluding carboxylic acids is 1. The zero-order valence-corrected chi connectivity index (χ0v) is 17.4. The molecule has 1 aliphatic carbocycles. The number of aromatic nitrogens is 2. The summed E-state index contributed by atoms with van der Waals surface area (Å²) in [6.45, 7) is 2.02. The Kier molecular flexibility index (Phi) is 5.67. The largest absolute Gasteiger partial charge is 0.478 e. The minimum atomic E-state index is -0.997. The normalized spacial score (nSPS) is 14.7. The van der Waals surface area contributed by atoms with Gasteiger partial charge in [0.25, 0.3) is 5.56 Å². The number of benzene rings is 1. The van der Waals surface area contributed by atoms with E-state index in [0.29, 0.717) is 20.7 Å². The van der Waals surface area contributed by atoms with Gasteiger partial charge in [-0.15, -0.1) is 11.3 Å². The van der Waals surface area contributed by atoms with Crippen LogP contribution in [0.1, 0.15) is 63.3 Å². The molecule has 2 aromatic heterocycles. The van der Waals surface area contributed by atoms with Crippen molar-refractivity contribution in [2.75, 3.05) is 0 Å².